The van der Waals surface area contributed by atoms with E-state index < -0.39 is 0 Å². The standard InChI is InChI=1S/C19H22N6O/c1-14-10-18(24-8-4-5-9-24)23-17(22-14)11-20-19(26)12-25-13-21-15-6-2-3-7-16(15)25/h2-3,6-7,10,13H,4-5,8-9,11-12H2,1H3,(H,20,26). The Kier molecular flexibility index (Phi) is 4.51. The van der Waals surface area contributed by atoms with Crippen molar-refractivity contribution < 1.29 is 4.79 Å². The van der Waals surface area contributed by atoms with E-state index in [4.69, 9.17) is 0 Å². The molecule has 1 amide bonds. The van der Waals surface area contributed by atoms with E-state index >= 15 is 0 Å². The molecule has 1 aliphatic rings. The van der Waals surface area contributed by atoms with Crippen LogP contribution >= 0.6 is 0 Å². The summed E-state index contributed by atoms with van der Waals surface area (Å²) in [4.78, 5) is 28.0. The molecule has 1 saturated heterocycles. The summed E-state index contributed by atoms with van der Waals surface area (Å²) in [5, 5.41) is 2.92. The van der Waals surface area contributed by atoms with Crippen molar-refractivity contribution in [2.45, 2.75) is 32.9 Å². The number of para-hydroxylation sites is 2. The van der Waals surface area contributed by atoms with Crippen LogP contribution in [0.1, 0.15) is 24.4 Å². The molecule has 0 saturated carbocycles. The molecule has 0 radical (unpaired) electrons. The second-order valence-corrected chi connectivity index (χ2v) is 6.62. The molecular formula is C19H22N6O. The molecule has 1 aliphatic heterocycles. The van der Waals surface area contributed by atoms with Crippen molar-refractivity contribution >= 4 is 22.8 Å². The van der Waals surface area contributed by atoms with Crippen LogP contribution < -0.4 is 10.2 Å². The van der Waals surface area contributed by atoms with Crippen molar-refractivity contribution in [1.82, 2.24) is 24.8 Å². The van der Waals surface area contributed by atoms with Crippen LogP contribution in [-0.2, 0) is 17.9 Å². The normalized spacial score (nSPS) is 14.1. The van der Waals surface area contributed by atoms with Crippen molar-refractivity contribution in [1.29, 1.82) is 0 Å². The third-order valence-corrected chi connectivity index (χ3v) is 4.60. The van der Waals surface area contributed by atoms with Crippen molar-refractivity contribution in [3.8, 4) is 0 Å². The van der Waals surface area contributed by atoms with Gasteiger partial charge in [-0.25, -0.2) is 15.0 Å². The number of rotatable bonds is 5. The first kappa shape index (κ1) is 16.5. The maximum absolute atomic E-state index is 12.3. The molecule has 7 heteroatoms. The Bertz CT molecular complexity index is 929. The number of benzene rings is 1. The average Bonchev–Trinajstić information content (AvgIpc) is 3.30. The second kappa shape index (κ2) is 7.11. The Hall–Kier alpha value is -2.96. The zero-order chi connectivity index (χ0) is 17.9. The number of carbonyl (C=O) groups is 1. The molecule has 1 N–H and O–H groups in total. The lowest BCUT2D eigenvalue weighted by Gasteiger charge is -2.17. The molecule has 3 heterocycles. The first-order chi connectivity index (χ1) is 12.7. The zero-order valence-electron chi connectivity index (χ0n) is 14.9. The van der Waals surface area contributed by atoms with E-state index in [1.54, 1.807) is 6.33 Å². The van der Waals surface area contributed by atoms with Crippen LogP contribution in [0.3, 0.4) is 0 Å². The third-order valence-electron chi connectivity index (χ3n) is 4.60. The Labute approximate surface area is 152 Å². The van der Waals surface area contributed by atoms with E-state index in [-0.39, 0.29) is 12.5 Å². The van der Waals surface area contributed by atoms with Gasteiger partial charge in [0.25, 0.3) is 0 Å². The summed E-state index contributed by atoms with van der Waals surface area (Å²) in [5.41, 5.74) is 2.76. The van der Waals surface area contributed by atoms with Crippen molar-refractivity contribution in [2.75, 3.05) is 18.0 Å². The number of nitrogens with zero attached hydrogens (tertiary/aromatic N) is 5. The Morgan fingerprint density at radius 2 is 2.00 bits per heavy atom. The molecule has 4 rings (SSSR count). The maximum Gasteiger partial charge on any atom is 0.240 e. The van der Waals surface area contributed by atoms with Crippen molar-refractivity contribution in [3.05, 3.63) is 48.2 Å². The fourth-order valence-electron chi connectivity index (χ4n) is 3.32. The van der Waals surface area contributed by atoms with Gasteiger partial charge in [0.05, 0.1) is 23.9 Å². The maximum atomic E-state index is 12.3. The van der Waals surface area contributed by atoms with Gasteiger partial charge in [0.15, 0.2) is 0 Å². The molecule has 7 nitrogen and oxygen atoms in total. The number of hydrogen-bond acceptors (Lipinski definition) is 5. The molecule has 1 fully saturated rings. The molecule has 0 bridgehead atoms. The molecule has 26 heavy (non-hydrogen) atoms. The summed E-state index contributed by atoms with van der Waals surface area (Å²) in [6, 6.07) is 9.78. The summed E-state index contributed by atoms with van der Waals surface area (Å²) in [6.45, 7) is 4.59. The number of aromatic nitrogens is 4. The molecule has 0 spiro atoms. The largest absolute Gasteiger partial charge is 0.357 e. The van der Waals surface area contributed by atoms with Gasteiger partial charge in [0.1, 0.15) is 18.2 Å². The van der Waals surface area contributed by atoms with Crippen LogP contribution in [0.25, 0.3) is 11.0 Å². The van der Waals surface area contributed by atoms with Gasteiger partial charge in [0.2, 0.25) is 5.91 Å². The van der Waals surface area contributed by atoms with Gasteiger partial charge < -0.3 is 14.8 Å². The summed E-state index contributed by atoms with van der Waals surface area (Å²) >= 11 is 0. The van der Waals surface area contributed by atoms with Gasteiger partial charge in [-0.15, -0.1) is 0 Å². The number of amides is 1. The highest BCUT2D eigenvalue weighted by atomic mass is 16.1. The van der Waals surface area contributed by atoms with E-state index in [0.717, 1.165) is 35.6 Å². The van der Waals surface area contributed by atoms with Gasteiger partial charge in [-0.1, -0.05) is 12.1 Å². The first-order valence-corrected chi connectivity index (χ1v) is 8.95. The number of imidazole rings is 1. The average molecular weight is 350 g/mol. The SMILES string of the molecule is Cc1cc(N2CCCC2)nc(CNC(=O)Cn2cnc3ccccc32)n1. The van der Waals surface area contributed by atoms with E-state index in [0.29, 0.717) is 12.4 Å². The van der Waals surface area contributed by atoms with E-state index in [2.05, 4.69) is 25.2 Å². The highest BCUT2D eigenvalue weighted by molar-refractivity contribution is 5.80. The van der Waals surface area contributed by atoms with E-state index in [1.165, 1.54) is 12.8 Å². The minimum atomic E-state index is -0.0824. The fraction of sp³-hybridized carbons (Fsp3) is 0.368. The number of hydrogen-bond donors (Lipinski definition) is 1. The third kappa shape index (κ3) is 3.51. The second-order valence-electron chi connectivity index (χ2n) is 6.62. The summed E-state index contributed by atoms with van der Waals surface area (Å²) < 4.78 is 1.84. The number of fused-ring (bicyclic) bond motifs is 1. The fourth-order valence-corrected chi connectivity index (χ4v) is 3.32. The lowest BCUT2D eigenvalue weighted by molar-refractivity contribution is -0.121. The van der Waals surface area contributed by atoms with Crippen LogP contribution in [-0.4, -0.2) is 38.5 Å². The molecule has 2 aromatic heterocycles. The summed E-state index contributed by atoms with van der Waals surface area (Å²) in [5.74, 6) is 1.52. The molecule has 3 aromatic rings. The molecule has 0 unspecified atom stereocenters. The van der Waals surface area contributed by atoms with Gasteiger partial charge in [0, 0.05) is 24.8 Å². The van der Waals surface area contributed by atoms with E-state index in [1.807, 2.05) is 41.8 Å². The van der Waals surface area contributed by atoms with Crippen LogP contribution in [0.15, 0.2) is 36.7 Å². The lowest BCUT2D eigenvalue weighted by Crippen LogP contribution is -2.28. The Morgan fingerprint density at radius 1 is 1.19 bits per heavy atom. The molecule has 0 aliphatic carbocycles. The highest BCUT2D eigenvalue weighted by Gasteiger charge is 2.15. The van der Waals surface area contributed by atoms with Crippen LogP contribution in [0.4, 0.5) is 5.82 Å². The van der Waals surface area contributed by atoms with Crippen LogP contribution in [0.5, 0.6) is 0 Å². The molecule has 0 atom stereocenters. The minimum absolute atomic E-state index is 0.0824. The van der Waals surface area contributed by atoms with Crippen LogP contribution in [0, 0.1) is 6.92 Å². The number of aryl methyl sites for hydroxylation is 1. The number of nitrogens with one attached hydrogen (secondary N) is 1. The Morgan fingerprint density at radius 3 is 2.85 bits per heavy atom. The number of carbonyl (C=O) groups excluding carboxylic acids is 1. The van der Waals surface area contributed by atoms with Gasteiger partial charge in [-0.05, 0) is 31.9 Å². The predicted molar refractivity (Wildman–Crippen MR) is 99.8 cm³/mol. The monoisotopic (exact) mass is 350 g/mol. The summed E-state index contributed by atoms with van der Waals surface area (Å²) in [7, 11) is 0. The summed E-state index contributed by atoms with van der Waals surface area (Å²) in [6.07, 6.45) is 4.10. The predicted octanol–water partition coefficient (Wildman–Crippen LogP) is 2.05. The molecule has 1 aromatic carbocycles. The highest BCUT2D eigenvalue weighted by Crippen LogP contribution is 2.18. The topological polar surface area (TPSA) is 75.9 Å². The number of anilines is 1. The quantitative estimate of drug-likeness (QED) is 0.762. The van der Waals surface area contributed by atoms with Gasteiger partial charge >= 0.3 is 0 Å². The van der Waals surface area contributed by atoms with Gasteiger partial charge in [-0.3, -0.25) is 4.79 Å². The first-order valence-electron chi connectivity index (χ1n) is 8.95. The van der Waals surface area contributed by atoms with E-state index in [9.17, 15) is 4.79 Å². The van der Waals surface area contributed by atoms with Crippen molar-refractivity contribution in [2.24, 2.45) is 0 Å². The van der Waals surface area contributed by atoms with Crippen LogP contribution in [0.2, 0.25) is 0 Å². The molecule has 134 valence electrons. The van der Waals surface area contributed by atoms with Crippen molar-refractivity contribution in [3.63, 3.8) is 0 Å². The smallest absolute Gasteiger partial charge is 0.240 e. The lowest BCUT2D eigenvalue weighted by atomic mass is 10.3. The Balaban J connectivity index is 1.41. The minimum Gasteiger partial charge on any atom is -0.357 e. The zero-order valence-corrected chi connectivity index (χ0v) is 14.9. The molecular weight excluding hydrogens is 328 g/mol. The van der Waals surface area contributed by atoms with Gasteiger partial charge in [-0.2, -0.15) is 0 Å².